The van der Waals surface area contributed by atoms with E-state index in [1.54, 1.807) is 30.3 Å². The fourth-order valence-electron chi connectivity index (χ4n) is 3.53. The highest BCUT2D eigenvalue weighted by Gasteiger charge is 2.28. The number of hydrogen-bond donors (Lipinski definition) is 1. The second-order valence-corrected chi connectivity index (χ2v) is 9.68. The van der Waals surface area contributed by atoms with Crippen molar-refractivity contribution in [1.29, 1.82) is 0 Å². The normalized spacial score (nSPS) is 10.9. The number of hydrogen-bond acceptors (Lipinski definition) is 7. The van der Waals surface area contributed by atoms with Crippen LogP contribution in [0, 0.1) is 0 Å². The molecule has 0 spiro atoms. The third-order valence-corrected chi connectivity index (χ3v) is 7.39. The van der Waals surface area contributed by atoms with Crippen LogP contribution < -0.4 is 28.6 Å². The summed E-state index contributed by atoms with van der Waals surface area (Å²) in [6, 6.07) is 15.7. The van der Waals surface area contributed by atoms with E-state index in [0.717, 1.165) is 4.31 Å². The molecule has 9 nitrogen and oxygen atoms in total. The lowest BCUT2D eigenvalue weighted by atomic mass is 10.1. The van der Waals surface area contributed by atoms with Gasteiger partial charge >= 0.3 is 0 Å². The average Bonchev–Trinajstić information content (AvgIpc) is 2.90. The zero-order valence-electron chi connectivity index (χ0n) is 20.3. The predicted octanol–water partition coefficient (Wildman–Crippen LogP) is 3.89. The molecule has 11 heteroatoms. The molecule has 3 aromatic rings. The van der Waals surface area contributed by atoms with Crippen molar-refractivity contribution in [3.05, 3.63) is 71.2 Å². The molecule has 0 bridgehead atoms. The minimum Gasteiger partial charge on any atom is -0.495 e. The van der Waals surface area contributed by atoms with E-state index in [0.29, 0.717) is 28.6 Å². The maximum absolute atomic E-state index is 13.5. The van der Waals surface area contributed by atoms with E-state index in [1.165, 1.54) is 58.8 Å². The van der Waals surface area contributed by atoms with Gasteiger partial charge in [0.1, 0.15) is 12.3 Å². The van der Waals surface area contributed by atoms with Gasteiger partial charge in [0.05, 0.1) is 44.0 Å². The Morgan fingerprint density at radius 2 is 1.50 bits per heavy atom. The van der Waals surface area contributed by atoms with Gasteiger partial charge in [0.2, 0.25) is 11.7 Å². The molecule has 0 aliphatic carbocycles. The summed E-state index contributed by atoms with van der Waals surface area (Å²) in [6.45, 7) is -0.430. The molecule has 1 amide bonds. The highest BCUT2D eigenvalue weighted by Crippen LogP contribution is 2.39. The quantitative estimate of drug-likeness (QED) is 0.398. The van der Waals surface area contributed by atoms with Gasteiger partial charge in [0, 0.05) is 12.1 Å². The standard InChI is InChI=1S/C25H27ClN2O7S/c1-32-21-13-11-18(14-20(21)26)28(36(30,31)19-8-6-5-7-9-19)16-23(29)27-15-17-10-12-22(33-2)25(35-4)24(17)34-3/h5-14H,15-16H2,1-4H3,(H,27,29). The van der Waals surface area contributed by atoms with E-state index in [2.05, 4.69) is 5.32 Å². The minimum absolute atomic E-state index is 0.0336. The van der Waals surface area contributed by atoms with E-state index in [4.69, 9.17) is 30.5 Å². The first-order valence-electron chi connectivity index (χ1n) is 10.7. The first kappa shape index (κ1) is 27.0. The Morgan fingerprint density at radius 1 is 0.861 bits per heavy atom. The van der Waals surface area contributed by atoms with Gasteiger partial charge in [0.15, 0.2) is 11.5 Å². The molecule has 192 valence electrons. The van der Waals surface area contributed by atoms with Crippen molar-refractivity contribution in [2.24, 2.45) is 0 Å². The Kier molecular flexibility index (Phi) is 8.89. The topological polar surface area (TPSA) is 103 Å². The summed E-state index contributed by atoms with van der Waals surface area (Å²) in [7, 11) is 1.83. The molecule has 0 aliphatic rings. The first-order valence-corrected chi connectivity index (χ1v) is 12.5. The SMILES string of the molecule is COc1ccc(N(CC(=O)NCc2ccc(OC)c(OC)c2OC)S(=O)(=O)c2ccccc2)cc1Cl. The van der Waals surface area contributed by atoms with Crippen molar-refractivity contribution in [1.82, 2.24) is 5.32 Å². The molecule has 0 fully saturated rings. The second-order valence-electron chi connectivity index (χ2n) is 7.41. The molecule has 3 aromatic carbocycles. The van der Waals surface area contributed by atoms with Crippen LogP contribution in [0.3, 0.4) is 0 Å². The lowest BCUT2D eigenvalue weighted by Crippen LogP contribution is -2.40. The van der Waals surface area contributed by atoms with Crippen LogP contribution in [0.2, 0.25) is 5.02 Å². The van der Waals surface area contributed by atoms with E-state index < -0.39 is 22.5 Å². The monoisotopic (exact) mass is 534 g/mol. The molecular formula is C25H27ClN2O7S. The van der Waals surface area contributed by atoms with Crippen molar-refractivity contribution < 1.29 is 32.2 Å². The number of anilines is 1. The summed E-state index contributed by atoms with van der Waals surface area (Å²) in [6.07, 6.45) is 0. The Morgan fingerprint density at radius 3 is 2.08 bits per heavy atom. The molecule has 36 heavy (non-hydrogen) atoms. The molecule has 0 radical (unpaired) electrons. The molecule has 0 atom stereocenters. The largest absolute Gasteiger partial charge is 0.495 e. The third kappa shape index (κ3) is 5.77. The van der Waals surface area contributed by atoms with Gasteiger partial charge in [-0.25, -0.2) is 8.42 Å². The Labute approximate surface area is 215 Å². The number of nitrogens with zero attached hydrogens (tertiary/aromatic N) is 1. The summed E-state index contributed by atoms with van der Waals surface area (Å²) in [5, 5.41) is 2.95. The predicted molar refractivity (Wildman–Crippen MR) is 137 cm³/mol. The second kappa shape index (κ2) is 11.9. The van der Waals surface area contributed by atoms with Crippen LogP contribution in [-0.4, -0.2) is 49.3 Å². The van der Waals surface area contributed by atoms with Gasteiger partial charge < -0.3 is 24.3 Å². The van der Waals surface area contributed by atoms with E-state index in [1.807, 2.05) is 0 Å². The number of methoxy groups -OCH3 is 4. The van der Waals surface area contributed by atoms with Crippen molar-refractivity contribution in [3.63, 3.8) is 0 Å². The van der Waals surface area contributed by atoms with Crippen molar-refractivity contribution >= 4 is 33.2 Å². The van der Waals surface area contributed by atoms with Gasteiger partial charge in [-0.1, -0.05) is 29.8 Å². The van der Waals surface area contributed by atoms with Gasteiger partial charge in [0.25, 0.3) is 10.0 Å². The number of carbonyl (C=O) groups is 1. The van der Waals surface area contributed by atoms with Crippen LogP contribution >= 0.6 is 11.6 Å². The van der Waals surface area contributed by atoms with Crippen LogP contribution in [0.4, 0.5) is 5.69 Å². The van der Waals surface area contributed by atoms with Crippen LogP contribution in [0.5, 0.6) is 23.0 Å². The average molecular weight is 535 g/mol. The maximum atomic E-state index is 13.5. The molecule has 0 saturated heterocycles. The number of rotatable bonds is 11. The van der Waals surface area contributed by atoms with Crippen molar-refractivity contribution in [2.75, 3.05) is 39.3 Å². The summed E-state index contributed by atoms with van der Waals surface area (Å²) in [5.74, 6) is 1.09. The van der Waals surface area contributed by atoms with Gasteiger partial charge in [-0.3, -0.25) is 9.10 Å². The van der Waals surface area contributed by atoms with Crippen LogP contribution in [0.15, 0.2) is 65.6 Å². The van der Waals surface area contributed by atoms with E-state index >= 15 is 0 Å². The molecular weight excluding hydrogens is 508 g/mol. The lowest BCUT2D eigenvalue weighted by Gasteiger charge is -2.25. The van der Waals surface area contributed by atoms with Crippen LogP contribution in [0.25, 0.3) is 0 Å². The molecule has 0 aromatic heterocycles. The Balaban J connectivity index is 1.90. The van der Waals surface area contributed by atoms with Gasteiger partial charge in [-0.2, -0.15) is 0 Å². The molecule has 3 rings (SSSR count). The molecule has 0 saturated carbocycles. The fraction of sp³-hybridized carbons (Fsp3) is 0.240. The highest BCUT2D eigenvalue weighted by atomic mass is 35.5. The van der Waals surface area contributed by atoms with E-state index in [9.17, 15) is 13.2 Å². The zero-order valence-corrected chi connectivity index (χ0v) is 21.9. The smallest absolute Gasteiger partial charge is 0.264 e. The summed E-state index contributed by atoms with van der Waals surface area (Å²) < 4.78 is 49.2. The molecule has 1 N–H and O–H groups in total. The Bertz CT molecular complexity index is 1320. The number of ether oxygens (including phenoxy) is 4. The van der Waals surface area contributed by atoms with E-state index in [-0.39, 0.29) is 22.2 Å². The van der Waals surface area contributed by atoms with Crippen molar-refractivity contribution in [3.8, 4) is 23.0 Å². The zero-order chi connectivity index (χ0) is 26.3. The summed E-state index contributed by atoms with van der Waals surface area (Å²) in [4.78, 5) is 13.0. The first-order chi connectivity index (χ1) is 17.3. The number of nitrogens with one attached hydrogen (secondary N) is 1. The molecule has 0 heterocycles. The molecule has 0 unspecified atom stereocenters. The van der Waals surface area contributed by atoms with Crippen LogP contribution in [-0.2, 0) is 21.4 Å². The Hall–Kier alpha value is -3.63. The summed E-state index contributed by atoms with van der Waals surface area (Å²) in [5.41, 5.74) is 0.831. The molecule has 0 aliphatic heterocycles. The number of sulfonamides is 1. The number of amides is 1. The number of benzene rings is 3. The van der Waals surface area contributed by atoms with Crippen molar-refractivity contribution in [2.45, 2.75) is 11.4 Å². The lowest BCUT2D eigenvalue weighted by molar-refractivity contribution is -0.119. The maximum Gasteiger partial charge on any atom is 0.264 e. The number of halogens is 1. The number of carbonyl (C=O) groups excluding carboxylic acids is 1. The summed E-state index contributed by atoms with van der Waals surface area (Å²) >= 11 is 6.25. The van der Waals surface area contributed by atoms with Gasteiger partial charge in [-0.15, -0.1) is 0 Å². The van der Waals surface area contributed by atoms with Gasteiger partial charge in [-0.05, 0) is 42.5 Å². The van der Waals surface area contributed by atoms with Crippen LogP contribution in [0.1, 0.15) is 5.56 Å². The minimum atomic E-state index is -4.09. The third-order valence-electron chi connectivity index (χ3n) is 5.30. The highest BCUT2D eigenvalue weighted by molar-refractivity contribution is 7.92. The fourth-order valence-corrected chi connectivity index (χ4v) is 5.21.